The van der Waals surface area contributed by atoms with Crippen LogP contribution in [0.2, 0.25) is 0 Å². The van der Waals surface area contributed by atoms with Crippen LogP contribution in [0.4, 0.5) is 23.2 Å². The molecule has 1 N–H and O–H groups in total. The van der Waals surface area contributed by atoms with Gasteiger partial charge >= 0.3 is 6.18 Å². The summed E-state index contributed by atoms with van der Waals surface area (Å²) in [4.78, 5) is 43.3. The second-order valence-electron chi connectivity index (χ2n) is 13.6. The molecule has 3 aromatic rings. The molecule has 13 heteroatoms. The number of carbonyl (C=O) groups is 3. The van der Waals surface area contributed by atoms with Gasteiger partial charge in [-0.1, -0.05) is 24.3 Å². The molecule has 0 unspecified atom stereocenters. The SMILES string of the molecule is Cc1cc(CC(=O)N2C[C@@H](N3CCN(CC(F)(F)F)CC3)C[C@H]2CO[C@H]2CC[C@H](C=O)CC2)c(F)cc1NC(=O)c1coc2ccccc12. The van der Waals surface area contributed by atoms with E-state index in [1.165, 1.54) is 17.2 Å². The minimum Gasteiger partial charge on any atom is -0.463 e. The average molecular weight is 687 g/mol. The fourth-order valence-corrected chi connectivity index (χ4v) is 7.42. The van der Waals surface area contributed by atoms with Crippen LogP contribution in [-0.2, 0) is 20.7 Å². The first-order chi connectivity index (χ1) is 23.5. The molecule has 9 nitrogen and oxygen atoms in total. The lowest BCUT2D eigenvalue weighted by Gasteiger charge is -2.38. The van der Waals surface area contributed by atoms with Gasteiger partial charge in [0.2, 0.25) is 5.91 Å². The van der Waals surface area contributed by atoms with Gasteiger partial charge in [0.05, 0.1) is 37.3 Å². The maximum Gasteiger partial charge on any atom is 0.401 e. The van der Waals surface area contributed by atoms with Crippen molar-refractivity contribution >= 4 is 34.8 Å². The molecule has 2 atom stereocenters. The number of ether oxygens (including phenoxy) is 1. The number of nitrogens with zero attached hydrogens (tertiary/aromatic N) is 3. The Morgan fingerprint density at radius 2 is 1.80 bits per heavy atom. The fourth-order valence-electron chi connectivity index (χ4n) is 7.42. The lowest BCUT2D eigenvalue weighted by atomic mass is 9.88. The Kier molecular flexibility index (Phi) is 10.7. The number of para-hydroxylation sites is 1. The molecule has 0 radical (unpaired) electrons. The average Bonchev–Trinajstić information content (AvgIpc) is 3.71. The highest BCUT2D eigenvalue weighted by Gasteiger charge is 2.40. The van der Waals surface area contributed by atoms with Crippen molar-refractivity contribution in [3.05, 3.63) is 65.2 Å². The van der Waals surface area contributed by atoms with Crippen LogP contribution in [0, 0.1) is 18.7 Å². The van der Waals surface area contributed by atoms with Crippen molar-refractivity contribution in [2.24, 2.45) is 5.92 Å². The largest absolute Gasteiger partial charge is 0.463 e. The Morgan fingerprint density at radius 1 is 1.06 bits per heavy atom. The third-order valence-corrected chi connectivity index (χ3v) is 10.2. The van der Waals surface area contributed by atoms with E-state index in [2.05, 4.69) is 10.2 Å². The van der Waals surface area contributed by atoms with Gasteiger partial charge in [0.1, 0.15) is 23.9 Å². The number of furan rings is 1. The van der Waals surface area contributed by atoms with Gasteiger partial charge in [-0.2, -0.15) is 13.2 Å². The zero-order valence-corrected chi connectivity index (χ0v) is 27.5. The Bertz CT molecular complexity index is 1650. The van der Waals surface area contributed by atoms with E-state index >= 15 is 4.39 Å². The number of piperazine rings is 1. The van der Waals surface area contributed by atoms with E-state index in [1.807, 2.05) is 0 Å². The standard InChI is InChI=1S/C36H42F4N4O5/c1-23-14-25(31(37)17-32(23)41-35(47)30-21-49-33-5-3-2-4-29(30)33)15-34(46)44-18-26(43-12-10-42(11-13-43)22-36(38,39)40)16-27(44)20-48-28-8-6-24(19-45)7-9-28/h2-5,14,17,19,21,24,26-28H,6-13,15-16,18,20,22H2,1H3,(H,41,47)/t24-,26-,27-,28-/m0/s1. The van der Waals surface area contributed by atoms with Crippen LogP contribution in [0.5, 0.6) is 0 Å². The van der Waals surface area contributed by atoms with Gasteiger partial charge in [-0.3, -0.25) is 19.4 Å². The van der Waals surface area contributed by atoms with Crippen molar-refractivity contribution in [2.45, 2.75) is 69.8 Å². The van der Waals surface area contributed by atoms with Crippen molar-refractivity contribution in [2.75, 3.05) is 51.2 Å². The Hall–Kier alpha value is -3.81. The number of anilines is 1. The second-order valence-corrected chi connectivity index (χ2v) is 13.6. The third-order valence-electron chi connectivity index (χ3n) is 10.2. The molecular formula is C36H42F4N4O5. The summed E-state index contributed by atoms with van der Waals surface area (Å²) in [5.74, 6) is -1.28. The van der Waals surface area contributed by atoms with Gasteiger partial charge in [-0.15, -0.1) is 0 Å². The minimum absolute atomic E-state index is 0.0130. The summed E-state index contributed by atoms with van der Waals surface area (Å²) in [5.41, 5.74) is 1.96. The zero-order valence-electron chi connectivity index (χ0n) is 27.5. The molecule has 3 aliphatic rings. The molecule has 1 saturated carbocycles. The number of hydrogen-bond donors (Lipinski definition) is 1. The number of halogens is 4. The molecule has 3 fully saturated rings. The minimum atomic E-state index is -4.25. The van der Waals surface area contributed by atoms with E-state index in [-0.39, 0.29) is 60.8 Å². The Labute approximate surface area is 282 Å². The number of rotatable bonds is 10. The van der Waals surface area contributed by atoms with Crippen LogP contribution in [0.1, 0.15) is 53.6 Å². The number of nitrogens with one attached hydrogen (secondary N) is 1. The summed E-state index contributed by atoms with van der Waals surface area (Å²) in [7, 11) is 0. The van der Waals surface area contributed by atoms with Crippen LogP contribution in [0.15, 0.2) is 47.1 Å². The highest BCUT2D eigenvalue weighted by Crippen LogP contribution is 2.30. The molecule has 2 aliphatic heterocycles. The maximum absolute atomic E-state index is 15.5. The van der Waals surface area contributed by atoms with Crippen molar-refractivity contribution < 1.29 is 41.1 Å². The first-order valence-corrected chi connectivity index (χ1v) is 16.9. The lowest BCUT2D eigenvalue weighted by Crippen LogP contribution is -2.52. The Balaban J connectivity index is 1.12. The number of likely N-dealkylation sites (tertiary alicyclic amines) is 1. The fraction of sp³-hybridized carbons (Fsp3) is 0.528. The summed E-state index contributed by atoms with van der Waals surface area (Å²) in [6, 6.07) is 9.58. The monoisotopic (exact) mass is 686 g/mol. The van der Waals surface area contributed by atoms with Gasteiger partial charge in [0, 0.05) is 55.8 Å². The summed E-state index contributed by atoms with van der Waals surface area (Å²) >= 11 is 0. The molecule has 2 saturated heterocycles. The maximum atomic E-state index is 15.5. The number of benzene rings is 2. The van der Waals surface area contributed by atoms with E-state index < -0.39 is 24.4 Å². The van der Waals surface area contributed by atoms with Crippen LogP contribution < -0.4 is 5.32 Å². The van der Waals surface area contributed by atoms with E-state index in [9.17, 15) is 27.6 Å². The van der Waals surface area contributed by atoms with Gasteiger partial charge < -0.3 is 24.2 Å². The number of fused-ring (bicyclic) bond motifs is 1. The van der Waals surface area contributed by atoms with E-state index in [1.54, 1.807) is 42.2 Å². The molecule has 0 spiro atoms. The van der Waals surface area contributed by atoms with Gasteiger partial charge in [0.15, 0.2) is 0 Å². The molecular weight excluding hydrogens is 644 g/mol. The summed E-state index contributed by atoms with van der Waals surface area (Å²) in [5, 5.41) is 3.40. The molecule has 2 amide bonds. The first-order valence-electron chi connectivity index (χ1n) is 16.9. The summed E-state index contributed by atoms with van der Waals surface area (Å²) in [6.45, 7) is 2.96. The molecule has 1 aromatic heterocycles. The lowest BCUT2D eigenvalue weighted by molar-refractivity contribution is -0.150. The van der Waals surface area contributed by atoms with E-state index in [4.69, 9.17) is 9.15 Å². The summed E-state index contributed by atoms with van der Waals surface area (Å²) < 4.78 is 66.1. The van der Waals surface area contributed by atoms with E-state index in [0.717, 1.165) is 32.0 Å². The topological polar surface area (TPSA) is 95.3 Å². The normalized spacial score (nSPS) is 24.0. The van der Waals surface area contributed by atoms with Crippen LogP contribution >= 0.6 is 0 Å². The van der Waals surface area contributed by atoms with Crippen molar-refractivity contribution in [1.82, 2.24) is 14.7 Å². The number of aryl methyl sites for hydroxylation is 1. The van der Waals surface area contributed by atoms with E-state index in [0.29, 0.717) is 54.8 Å². The number of hydrogen-bond acceptors (Lipinski definition) is 7. The van der Waals surface area contributed by atoms with Crippen LogP contribution in [0.3, 0.4) is 0 Å². The zero-order chi connectivity index (χ0) is 34.7. The van der Waals surface area contributed by atoms with Gasteiger partial charge in [0.25, 0.3) is 5.91 Å². The molecule has 1 aliphatic carbocycles. The molecule has 2 aromatic carbocycles. The smallest absolute Gasteiger partial charge is 0.401 e. The van der Waals surface area contributed by atoms with Crippen molar-refractivity contribution in [1.29, 1.82) is 0 Å². The predicted octanol–water partition coefficient (Wildman–Crippen LogP) is 5.60. The molecule has 264 valence electrons. The third kappa shape index (κ3) is 8.50. The molecule has 49 heavy (non-hydrogen) atoms. The number of amides is 2. The highest BCUT2D eigenvalue weighted by molar-refractivity contribution is 6.12. The highest BCUT2D eigenvalue weighted by atomic mass is 19.4. The Morgan fingerprint density at radius 3 is 2.51 bits per heavy atom. The number of carbonyl (C=O) groups excluding carboxylic acids is 3. The number of alkyl halides is 3. The predicted molar refractivity (Wildman–Crippen MR) is 175 cm³/mol. The second kappa shape index (κ2) is 15.0. The van der Waals surface area contributed by atoms with Gasteiger partial charge in [-0.25, -0.2) is 4.39 Å². The quantitative estimate of drug-likeness (QED) is 0.219. The van der Waals surface area contributed by atoms with Crippen LogP contribution in [0.25, 0.3) is 11.0 Å². The first kappa shape index (κ1) is 35.0. The van der Waals surface area contributed by atoms with Crippen LogP contribution in [-0.4, -0.2) is 103 Å². The van der Waals surface area contributed by atoms with Crippen molar-refractivity contribution in [3.8, 4) is 0 Å². The molecule has 6 rings (SSSR count). The number of aldehydes is 1. The summed E-state index contributed by atoms with van der Waals surface area (Å²) in [6.07, 6.45) is 1.55. The molecule has 3 heterocycles. The van der Waals surface area contributed by atoms with Gasteiger partial charge in [-0.05, 0) is 62.3 Å². The molecule has 0 bridgehead atoms. The van der Waals surface area contributed by atoms with Crippen molar-refractivity contribution in [3.63, 3.8) is 0 Å².